The smallest absolute Gasteiger partial charge is 0.316 e. The molecule has 4 aromatic carbocycles. The number of rotatable bonds is 5. The molecule has 5 rings (SSSR count). The van der Waals surface area contributed by atoms with Gasteiger partial charge in [-0.25, -0.2) is 9.07 Å². The van der Waals surface area contributed by atoms with E-state index in [1.54, 1.807) is 5.32 Å². The number of anilines is 1. The zero-order valence-corrected chi connectivity index (χ0v) is 18.7. The molecule has 4 nitrogen and oxygen atoms in total. The molecule has 36 heavy (non-hydrogen) atoms. The summed E-state index contributed by atoms with van der Waals surface area (Å²) >= 11 is 0. The summed E-state index contributed by atoms with van der Waals surface area (Å²) in [6.07, 6.45) is -3.71. The van der Waals surface area contributed by atoms with Crippen LogP contribution in [0.4, 0.5) is 23.2 Å². The van der Waals surface area contributed by atoms with Crippen LogP contribution in [0.15, 0.2) is 109 Å². The monoisotopic (exact) mass is 489 g/mol. The lowest BCUT2D eigenvalue weighted by molar-refractivity contribution is -0.167. The Morgan fingerprint density at radius 3 is 1.64 bits per heavy atom. The Morgan fingerprint density at radius 2 is 1.19 bits per heavy atom. The lowest BCUT2D eigenvalue weighted by Crippen LogP contribution is -2.38. The fraction of sp³-hybridized carbons (Fsp3) is 0.0714. The van der Waals surface area contributed by atoms with Gasteiger partial charge in [0, 0.05) is 5.39 Å². The number of benzene rings is 4. The number of aromatic nitrogens is 2. The number of halogens is 4. The molecule has 0 saturated heterocycles. The molecule has 0 atom stereocenters. The third-order valence-electron chi connectivity index (χ3n) is 6.07. The van der Waals surface area contributed by atoms with Crippen LogP contribution in [0.3, 0.4) is 0 Å². The molecule has 0 aliphatic rings. The summed E-state index contributed by atoms with van der Waals surface area (Å²) in [5.41, 5.74) is 0.463. The number of carbonyl (C=O) groups is 1. The van der Waals surface area contributed by atoms with Crippen LogP contribution in [0.1, 0.15) is 16.7 Å². The van der Waals surface area contributed by atoms with Crippen LogP contribution in [0.5, 0.6) is 0 Å². The number of carbonyl (C=O) groups excluding carboxylic acids is 1. The van der Waals surface area contributed by atoms with Gasteiger partial charge in [-0.15, -0.1) is 0 Å². The van der Waals surface area contributed by atoms with Crippen molar-refractivity contribution in [2.45, 2.75) is 11.7 Å². The highest BCUT2D eigenvalue weighted by atomic mass is 19.4. The van der Waals surface area contributed by atoms with Crippen molar-refractivity contribution in [1.29, 1.82) is 0 Å². The maximum absolute atomic E-state index is 15.9. The van der Waals surface area contributed by atoms with Crippen molar-refractivity contribution in [2.24, 2.45) is 0 Å². The molecular formula is C28H19F4N3O. The number of hydrogen-bond acceptors (Lipinski definition) is 2. The van der Waals surface area contributed by atoms with Crippen molar-refractivity contribution in [1.82, 2.24) is 9.78 Å². The Kier molecular flexibility index (Phi) is 5.80. The second-order valence-electron chi connectivity index (χ2n) is 8.18. The molecule has 0 fully saturated rings. The highest BCUT2D eigenvalue weighted by Gasteiger charge is 2.42. The van der Waals surface area contributed by atoms with E-state index in [1.807, 2.05) is 91.0 Å². The van der Waals surface area contributed by atoms with E-state index in [-0.39, 0.29) is 5.52 Å². The van der Waals surface area contributed by atoms with Crippen molar-refractivity contribution < 1.29 is 22.4 Å². The summed E-state index contributed by atoms with van der Waals surface area (Å²) in [6.45, 7) is 0. The molecule has 0 aliphatic carbocycles. The van der Waals surface area contributed by atoms with Crippen molar-refractivity contribution in [3.05, 3.63) is 132 Å². The van der Waals surface area contributed by atoms with Gasteiger partial charge in [0.05, 0.1) is 11.9 Å². The number of amides is 1. The Morgan fingerprint density at radius 1 is 0.722 bits per heavy atom. The van der Waals surface area contributed by atoms with Crippen molar-refractivity contribution in [2.75, 3.05) is 5.32 Å². The van der Waals surface area contributed by atoms with Gasteiger partial charge in [0.25, 0.3) is 0 Å². The van der Waals surface area contributed by atoms with E-state index in [4.69, 9.17) is 0 Å². The third-order valence-corrected chi connectivity index (χ3v) is 6.07. The van der Waals surface area contributed by atoms with Gasteiger partial charge in [-0.2, -0.15) is 18.3 Å². The average Bonchev–Trinajstić information content (AvgIpc) is 3.33. The molecule has 0 radical (unpaired) electrons. The van der Waals surface area contributed by atoms with Crippen molar-refractivity contribution in [3.8, 4) is 0 Å². The molecule has 0 saturated carbocycles. The van der Waals surface area contributed by atoms with Crippen LogP contribution in [-0.4, -0.2) is 21.9 Å². The predicted molar refractivity (Wildman–Crippen MR) is 129 cm³/mol. The highest BCUT2D eigenvalue weighted by molar-refractivity contribution is 5.97. The lowest BCUT2D eigenvalue weighted by atomic mass is 9.77. The SMILES string of the molecule is O=C(Nc1ccc2cnn(C(c3ccccc3)(c3ccccc3)c3ccccc3)c2c1F)C(F)(F)F. The fourth-order valence-corrected chi connectivity index (χ4v) is 4.53. The molecule has 0 spiro atoms. The fourth-order valence-electron chi connectivity index (χ4n) is 4.53. The van der Waals surface area contributed by atoms with Gasteiger partial charge >= 0.3 is 12.1 Å². The topological polar surface area (TPSA) is 46.9 Å². The van der Waals surface area contributed by atoms with Gasteiger partial charge in [-0.05, 0) is 28.8 Å². The summed E-state index contributed by atoms with van der Waals surface area (Å²) in [5.74, 6) is -3.28. The summed E-state index contributed by atoms with van der Waals surface area (Å²) in [6, 6.07) is 30.6. The first-order valence-electron chi connectivity index (χ1n) is 11.0. The third kappa shape index (κ3) is 3.80. The maximum atomic E-state index is 15.9. The zero-order chi connectivity index (χ0) is 25.3. The molecule has 5 aromatic rings. The summed E-state index contributed by atoms with van der Waals surface area (Å²) in [4.78, 5) is 11.6. The largest absolute Gasteiger partial charge is 0.471 e. The van der Waals surface area contributed by atoms with Crippen LogP contribution in [0, 0.1) is 5.82 Å². The molecule has 0 bridgehead atoms. The highest BCUT2D eigenvalue weighted by Crippen LogP contribution is 2.43. The summed E-state index contributed by atoms with van der Waals surface area (Å²) in [7, 11) is 0. The van der Waals surface area contributed by atoms with Gasteiger partial charge in [0.2, 0.25) is 0 Å². The normalized spacial score (nSPS) is 12.0. The van der Waals surface area contributed by atoms with E-state index in [0.29, 0.717) is 5.39 Å². The van der Waals surface area contributed by atoms with Crippen molar-refractivity contribution >= 4 is 22.5 Å². The molecule has 180 valence electrons. The number of nitrogens with one attached hydrogen (secondary N) is 1. The molecule has 0 aliphatic heterocycles. The Hall–Kier alpha value is -4.46. The van der Waals surface area contributed by atoms with Crippen LogP contribution < -0.4 is 5.32 Å². The standard InChI is InChI=1S/C28H19F4N3O/c29-24-23(34-26(36)28(30,31)32)17-16-19-18-33-35(25(19)24)27(20-10-4-1-5-11-20,21-12-6-2-7-13-21)22-14-8-3-9-15-22/h1-18H,(H,34,36). The van der Waals surface area contributed by atoms with E-state index in [0.717, 1.165) is 22.8 Å². The van der Waals surface area contributed by atoms with Gasteiger partial charge in [0.15, 0.2) is 5.82 Å². The minimum atomic E-state index is -5.16. The molecular weight excluding hydrogens is 470 g/mol. The Bertz CT molecular complexity index is 1420. The average molecular weight is 489 g/mol. The molecule has 1 N–H and O–H groups in total. The minimum Gasteiger partial charge on any atom is -0.316 e. The first-order chi connectivity index (χ1) is 17.3. The zero-order valence-electron chi connectivity index (χ0n) is 18.7. The van der Waals surface area contributed by atoms with Gasteiger partial charge < -0.3 is 5.32 Å². The van der Waals surface area contributed by atoms with Crippen LogP contribution in [0.25, 0.3) is 10.9 Å². The Labute approximate surface area is 203 Å². The first-order valence-corrected chi connectivity index (χ1v) is 11.0. The first kappa shape index (κ1) is 23.3. The Balaban J connectivity index is 1.87. The number of fused-ring (bicyclic) bond motifs is 1. The van der Waals surface area contributed by atoms with Gasteiger partial charge in [-0.1, -0.05) is 91.0 Å². The van der Waals surface area contributed by atoms with E-state index in [9.17, 15) is 18.0 Å². The van der Waals surface area contributed by atoms with Gasteiger partial charge in [-0.3, -0.25) is 4.79 Å². The minimum absolute atomic E-state index is 0.0495. The number of nitrogens with zero attached hydrogens (tertiary/aromatic N) is 2. The summed E-state index contributed by atoms with van der Waals surface area (Å²) in [5, 5.41) is 6.58. The quantitative estimate of drug-likeness (QED) is 0.226. The van der Waals surface area contributed by atoms with E-state index in [2.05, 4.69) is 5.10 Å². The maximum Gasteiger partial charge on any atom is 0.471 e. The second-order valence-corrected chi connectivity index (χ2v) is 8.18. The predicted octanol–water partition coefficient (Wildman–Crippen LogP) is 6.52. The van der Waals surface area contributed by atoms with Crippen LogP contribution >= 0.6 is 0 Å². The van der Waals surface area contributed by atoms with E-state index in [1.165, 1.54) is 16.9 Å². The molecule has 0 unspecified atom stereocenters. The van der Waals surface area contributed by atoms with Gasteiger partial charge in [0.1, 0.15) is 11.1 Å². The molecule has 8 heteroatoms. The van der Waals surface area contributed by atoms with E-state index < -0.39 is 29.1 Å². The second kappa shape index (κ2) is 8.96. The van der Waals surface area contributed by atoms with E-state index >= 15 is 4.39 Å². The molecule has 1 amide bonds. The summed E-state index contributed by atoms with van der Waals surface area (Å²) < 4.78 is 56.1. The number of alkyl halides is 3. The van der Waals surface area contributed by atoms with Crippen molar-refractivity contribution in [3.63, 3.8) is 0 Å². The molecule has 1 aromatic heterocycles. The lowest BCUT2D eigenvalue weighted by Gasteiger charge is -2.37. The molecule has 1 heterocycles. The van der Waals surface area contributed by atoms with Crippen LogP contribution in [0.2, 0.25) is 0 Å². The van der Waals surface area contributed by atoms with Crippen LogP contribution in [-0.2, 0) is 10.3 Å². The number of hydrogen-bond donors (Lipinski definition) is 1.